The highest BCUT2D eigenvalue weighted by atomic mass is 35.5. The molecular weight excluding hydrogens is 462 g/mol. The zero-order chi connectivity index (χ0) is 23.8. The van der Waals surface area contributed by atoms with Gasteiger partial charge in [0.05, 0.1) is 17.5 Å². The van der Waals surface area contributed by atoms with Gasteiger partial charge in [0, 0.05) is 17.5 Å². The maximum atomic E-state index is 12.5. The van der Waals surface area contributed by atoms with E-state index in [4.69, 9.17) is 11.6 Å². The lowest BCUT2D eigenvalue weighted by Gasteiger charge is -2.28. The predicted octanol–water partition coefficient (Wildman–Crippen LogP) is 3.42. The lowest BCUT2D eigenvalue weighted by atomic mass is 9.81. The van der Waals surface area contributed by atoms with E-state index >= 15 is 0 Å². The van der Waals surface area contributed by atoms with Gasteiger partial charge < -0.3 is 10.6 Å². The number of rotatable bonds is 9. The van der Waals surface area contributed by atoms with Gasteiger partial charge in [-0.2, -0.15) is 0 Å². The summed E-state index contributed by atoms with van der Waals surface area (Å²) in [4.78, 5) is 24.8. The largest absolute Gasteiger partial charge is 0.348 e. The summed E-state index contributed by atoms with van der Waals surface area (Å²) in [5, 5.41) is 6.10. The van der Waals surface area contributed by atoms with E-state index in [-0.39, 0.29) is 41.1 Å². The molecule has 33 heavy (non-hydrogen) atoms. The van der Waals surface area contributed by atoms with Crippen molar-refractivity contribution < 1.29 is 18.0 Å². The van der Waals surface area contributed by atoms with E-state index < -0.39 is 10.0 Å². The van der Waals surface area contributed by atoms with E-state index in [0.717, 1.165) is 18.4 Å². The van der Waals surface area contributed by atoms with Crippen LogP contribution < -0.4 is 15.4 Å². The van der Waals surface area contributed by atoms with Gasteiger partial charge in [0.1, 0.15) is 0 Å². The van der Waals surface area contributed by atoms with Crippen LogP contribution in [0.5, 0.6) is 0 Å². The number of hydrogen-bond donors (Lipinski definition) is 3. The monoisotopic (exact) mass is 491 g/mol. The molecule has 178 valence electrons. The summed E-state index contributed by atoms with van der Waals surface area (Å²) in [6, 6.07) is 15.5. The van der Waals surface area contributed by atoms with E-state index in [0.29, 0.717) is 24.4 Å². The first kappa shape index (κ1) is 25.2. The molecule has 2 aromatic carbocycles. The molecule has 1 unspecified atom stereocenters. The third-order valence-electron chi connectivity index (χ3n) is 6.00. The molecule has 3 rings (SSSR count). The third-order valence-corrected chi connectivity index (χ3v) is 7.70. The van der Waals surface area contributed by atoms with Crippen LogP contribution in [0.1, 0.15) is 44.2 Å². The lowest BCUT2D eigenvalue weighted by molar-refractivity contribution is -0.129. The van der Waals surface area contributed by atoms with Crippen LogP contribution in [0.2, 0.25) is 5.02 Å². The fourth-order valence-electron chi connectivity index (χ4n) is 3.98. The van der Waals surface area contributed by atoms with E-state index in [1.807, 2.05) is 37.3 Å². The molecule has 1 atom stereocenters. The van der Waals surface area contributed by atoms with Gasteiger partial charge in [-0.3, -0.25) is 9.59 Å². The minimum atomic E-state index is -3.59. The Hall–Kier alpha value is -2.42. The topological polar surface area (TPSA) is 104 Å². The Labute approximate surface area is 200 Å². The predicted molar refractivity (Wildman–Crippen MR) is 128 cm³/mol. The van der Waals surface area contributed by atoms with E-state index in [1.165, 1.54) is 12.1 Å². The van der Waals surface area contributed by atoms with Crippen LogP contribution in [0.25, 0.3) is 0 Å². The van der Waals surface area contributed by atoms with Crippen molar-refractivity contribution in [3.05, 3.63) is 65.2 Å². The third kappa shape index (κ3) is 7.55. The Morgan fingerprint density at radius 2 is 1.64 bits per heavy atom. The van der Waals surface area contributed by atoms with Gasteiger partial charge in [0.15, 0.2) is 0 Å². The number of benzene rings is 2. The SMILES string of the molecule is CC(NC(=O)CNC(=O)C1CCC(CNS(=O)(=O)c2ccc(Cl)cc2)CC1)c1ccccc1. The van der Waals surface area contributed by atoms with Crippen molar-refractivity contribution in [1.82, 2.24) is 15.4 Å². The van der Waals surface area contributed by atoms with E-state index in [1.54, 1.807) is 12.1 Å². The van der Waals surface area contributed by atoms with Crippen molar-refractivity contribution in [2.24, 2.45) is 11.8 Å². The maximum Gasteiger partial charge on any atom is 0.240 e. The second-order valence-electron chi connectivity index (χ2n) is 8.44. The number of carbonyl (C=O) groups excluding carboxylic acids is 2. The van der Waals surface area contributed by atoms with Crippen molar-refractivity contribution in [2.45, 2.75) is 43.5 Å². The van der Waals surface area contributed by atoms with Crippen molar-refractivity contribution in [3.63, 3.8) is 0 Å². The molecule has 1 aliphatic rings. The molecule has 0 saturated heterocycles. The van der Waals surface area contributed by atoms with Crippen LogP contribution in [0.4, 0.5) is 0 Å². The van der Waals surface area contributed by atoms with Gasteiger partial charge in [-0.1, -0.05) is 41.9 Å². The molecular formula is C24H30ClN3O4S. The standard InChI is InChI=1S/C24H30ClN3O4S/c1-17(19-5-3-2-4-6-19)28-23(29)16-26-24(30)20-9-7-18(8-10-20)15-27-33(31,32)22-13-11-21(25)12-14-22/h2-6,11-14,17-18,20,27H,7-10,15-16H2,1H3,(H,26,30)(H,28,29). The summed E-state index contributed by atoms with van der Waals surface area (Å²) in [6.45, 7) is 2.17. The molecule has 7 nitrogen and oxygen atoms in total. The number of halogens is 1. The molecule has 0 radical (unpaired) electrons. The van der Waals surface area contributed by atoms with Crippen LogP contribution in [0, 0.1) is 11.8 Å². The fourth-order valence-corrected chi connectivity index (χ4v) is 5.22. The quantitative estimate of drug-likeness (QED) is 0.500. The smallest absolute Gasteiger partial charge is 0.240 e. The number of amides is 2. The van der Waals surface area contributed by atoms with Crippen LogP contribution in [-0.4, -0.2) is 33.3 Å². The highest BCUT2D eigenvalue weighted by Gasteiger charge is 2.27. The van der Waals surface area contributed by atoms with Gasteiger partial charge in [0.2, 0.25) is 21.8 Å². The van der Waals surface area contributed by atoms with E-state index in [2.05, 4.69) is 15.4 Å². The minimum Gasteiger partial charge on any atom is -0.348 e. The fraction of sp³-hybridized carbons (Fsp3) is 0.417. The molecule has 3 N–H and O–H groups in total. The lowest BCUT2D eigenvalue weighted by Crippen LogP contribution is -2.41. The van der Waals surface area contributed by atoms with Gasteiger partial charge in [-0.15, -0.1) is 0 Å². The number of hydrogen-bond acceptors (Lipinski definition) is 4. The molecule has 1 saturated carbocycles. The normalized spacial score (nSPS) is 19.5. The highest BCUT2D eigenvalue weighted by molar-refractivity contribution is 7.89. The van der Waals surface area contributed by atoms with Crippen LogP contribution in [0.3, 0.4) is 0 Å². The maximum absolute atomic E-state index is 12.5. The summed E-state index contributed by atoms with van der Waals surface area (Å²) in [5.41, 5.74) is 1.00. The van der Waals surface area contributed by atoms with Crippen LogP contribution >= 0.6 is 11.6 Å². The van der Waals surface area contributed by atoms with Crippen LogP contribution in [-0.2, 0) is 19.6 Å². The molecule has 9 heteroatoms. The summed E-state index contributed by atoms with van der Waals surface area (Å²) in [7, 11) is -3.59. The molecule has 0 aliphatic heterocycles. The second kappa shape index (κ2) is 11.6. The van der Waals surface area contributed by atoms with E-state index in [9.17, 15) is 18.0 Å². The molecule has 2 amide bonds. The molecule has 0 spiro atoms. The molecule has 0 aromatic heterocycles. The first-order valence-corrected chi connectivity index (χ1v) is 13.0. The van der Waals surface area contributed by atoms with Crippen LogP contribution in [0.15, 0.2) is 59.5 Å². The Kier molecular flexibility index (Phi) is 8.88. The first-order valence-electron chi connectivity index (χ1n) is 11.1. The Bertz CT molecular complexity index is 1040. The second-order valence-corrected chi connectivity index (χ2v) is 10.6. The van der Waals surface area contributed by atoms with Gasteiger partial charge in [-0.25, -0.2) is 13.1 Å². The van der Waals surface area contributed by atoms with Gasteiger partial charge in [0.25, 0.3) is 0 Å². The Morgan fingerprint density at radius 1 is 1.00 bits per heavy atom. The van der Waals surface area contributed by atoms with Gasteiger partial charge >= 0.3 is 0 Å². The zero-order valence-electron chi connectivity index (χ0n) is 18.6. The Morgan fingerprint density at radius 3 is 2.27 bits per heavy atom. The summed E-state index contributed by atoms with van der Waals surface area (Å²) < 4.78 is 27.5. The highest BCUT2D eigenvalue weighted by Crippen LogP contribution is 2.29. The van der Waals surface area contributed by atoms with Crippen molar-refractivity contribution in [1.29, 1.82) is 0 Å². The summed E-state index contributed by atoms with van der Waals surface area (Å²) in [5.74, 6) is -0.345. The molecule has 0 bridgehead atoms. The Balaban J connectivity index is 1.37. The first-order chi connectivity index (χ1) is 15.7. The summed E-state index contributed by atoms with van der Waals surface area (Å²) >= 11 is 5.82. The molecule has 0 heterocycles. The molecule has 1 aliphatic carbocycles. The van der Waals surface area contributed by atoms with Gasteiger partial charge in [-0.05, 0) is 68.4 Å². The molecule has 1 fully saturated rings. The number of sulfonamides is 1. The number of nitrogens with one attached hydrogen (secondary N) is 3. The average Bonchev–Trinajstić information content (AvgIpc) is 2.82. The average molecular weight is 492 g/mol. The van der Waals surface area contributed by atoms with Crippen molar-refractivity contribution in [2.75, 3.05) is 13.1 Å². The van der Waals surface area contributed by atoms with Crippen molar-refractivity contribution >= 4 is 33.4 Å². The number of carbonyl (C=O) groups is 2. The zero-order valence-corrected chi connectivity index (χ0v) is 20.2. The van der Waals surface area contributed by atoms with Crippen molar-refractivity contribution in [3.8, 4) is 0 Å². The molecule has 2 aromatic rings. The summed E-state index contributed by atoms with van der Waals surface area (Å²) in [6.07, 6.45) is 2.83. The minimum absolute atomic E-state index is 0.0587.